The summed E-state index contributed by atoms with van der Waals surface area (Å²) in [4.78, 5) is 12.8. The zero-order valence-corrected chi connectivity index (χ0v) is 27.0. The number of thiophene rings is 1. The highest BCUT2D eigenvalue weighted by molar-refractivity contribution is 7.26. The first-order valence-corrected chi connectivity index (χ1v) is 17.0. The molecule has 9 aromatic rings. The van der Waals surface area contributed by atoms with Gasteiger partial charge in [-0.1, -0.05) is 91.0 Å². The van der Waals surface area contributed by atoms with Crippen molar-refractivity contribution in [3.8, 4) is 17.1 Å². The molecule has 0 saturated carbocycles. The largest absolute Gasteiger partial charge is 0.342 e. The lowest BCUT2D eigenvalue weighted by atomic mass is 10.0. The van der Waals surface area contributed by atoms with Gasteiger partial charge in [-0.3, -0.25) is 4.57 Å². The van der Waals surface area contributed by atoms with Gasteiger partial charge in [-0.05, 0) is 54.6 Å². The average Bonchev–Trinajstić information content (AvgIpc) is 3.82. The first-order chi connectivity index (χ1) is 23.7. The van der Waals surface area contributed by atoms with E-state index in [4.69, 9.17) is 9.98 Å². The molecule has 1 atom stereocenters. The number of para-hydroxylation sites is 4. The summed E-state index contributed by atoms with van der Waals surface area (Å²) in [6.45, 7) is 0. The molecule has 0 radical (unpaired) electrons. The van der Waals surface area contributed by atoms with E-state index < -0.39 is 0 Å². The second kappa shape index (κ2) is 10.5. The van der Waals surface area contributed by atoms with Gasteiger partial charge in [-0.25, -0.2) is 9.98 Å². The van der Waals surface area contributed by atoms with Gasteiger partial charge in [0.05, 0.1) is 27.8 Å². The highest BCUT2D eigenvalue weighted by Crippen LogP contribution is 2.44. The Bertz CT molecular complexity index is 2760. The summed E-state index contributed by atoms with van der Waals surface area (Å²) in [5.41, 5.74) is 8.55. The second-order valence-corrected chi connectivity index (χ2v) is 13.4. The zero-order chi connectivity index (χ0) is 31.8. The molecule has 0 spiro atoms. The number of nitrogens with zero attached hydrogens (tertiary/aromatic N) is 5. The van der Waals surface area contributed by atoms with Gasteiger partial charge in [-0.15, -0.1) is 11.3 Å². The number of benzene rings is 6. The number of hydrogen-bond acceptors (Lipinski definition) is 4. The normalized spacial score (nSPS) is 15.0. The van der Waals surface area contributed by atoms with Crippen molar-refractivity contribution < 1.29 is 0 Å². The number of aliphatic imine (C=N–C) groups is 1. The molecule has 0 aliphatic carbocycles. The molecule has 6 heteroatoms. The lowest BCUT2D eigenvalue weighted by Crippen LogP contribution is -2.27. The molecule has 1 aliphatic heterocycles. The minimum Gasteiger partial charge on any atom is -0.342 e. The number of hydrogen-bond donors (Lipinski definition) is 0. The molecule has 5 nitrogen and oxygen atoms in total. The Morgan fingerprint density at radius 2 is 1.38 bits per heavy atom. The van der Waals surface area contributed by atoms with Crippen molar-refractivity contribution >= 4 is 70.1 Å². The van der Waals surface area contributed by atoms with Gasteiger partial charge >= 0.3 is 0 Å². The Kier molecular flexibility index (Phi) is 5.95. The van der Waals surface area contributed by atoms with Crippen molar-refractivity contribution in [1.29, 1.82) is 0 Å². The monoisotopic (exact) mass is 635 g/mol. The molecule has 0 saturated heterocycles. The third kappa shape index (κ3) is 4.03. The summed E-state index contributed by atoms with van der Waals surface area (Å²) in [7, 11) is 2.11. The van der Waals surface area contributed by atoms with Crippen LogP contribution in [0, 0.1) is 0 Å². The van der Waals surface area contributed by atoms with Crippen molar-refractivity contribution in [3.05, 3.63) is 157 Å². The van der Waals surface area contributed by atoms with Crippen LogP contribution in [0.1, 0.15) is 11.9 Å². The Balaban J connectivity index is 1.14. The Morgan fingerprint density at radius 1 is 0.625 bits per heavy atom. The minimum absolute atomic E-state index is 0.253. The number of fused-ring (bicyclic) bond motifs is 8. The first kappa shape index (κ1) is 27.2. The van der Waals surface area contributed by atoms with Gasteiger partial charge in [0.1, 0.15) is 5.82 Å². The molecule has 48 heavy (non-hydrogen) atoms. The molecule has 0 amide bonds. The molecule has 3 aromatic heterocycles. The second-order valence-electron chi connectivity index (χ2n) is 12.3. The maximum Gasteiger partial charge on any atom is 0.203 e. The van der Waals surface area contributed by atoms with Crippen LogP contribution in [0.25, 0.3) is 70.1 Å². The van der Waals surface area contributed by atoms with Crippen LogP contribution in [0.4, 0.5) is 0 Å². The summed E-state index contributed by atoms with van der Waals surface area (Å²) < 4.78 is 7.29. The Morgan fingerprint density at radius 3 is 2.27 bits per heavy atom. The molecule has 6 aromatic carbocycles. The molecule has 0 fully saturated rings. The standard InChI is InChI=1S/C42H29N5S/c1-45-25-24-33(27-12-11-13-28(26-27)41-43-34-18-7-9-20-36(34)46(41)29-14-3-2-4-15-29)44-42(45)47-35-19-8-5-17-32(35)39-37(47)23-22-31-30-16-6-10-21-38(30)48-40(31)39/h2-26,42H,1H3. The molecule has 228 valence electrons. The smallest absolute Gasteiger partial charge is 0.203 e. The highest BCUT2D eigenvalue weighted by atomic mass is 32.1. The zero-order valence-electron chi connectivity index (χ0n) is 26.2. The fraction of sp³-hybridized carbons (Fsp3) is 0.0476. The van der Waals surface area contributed by atoms with E-state index in [0.717, 1.165) is 39.4 Å². The predicted octanol–water partition coefficient (Wildman–Crippen LogP) is 10.6. The van der Waals surface area contributed by atoms with Crippen molar-refractivity contribution in [3.63, 3.8) is 0 Å². The van der Waals surface area contributed by atoms with E-state index in [0.29, 0.717) is 0 Å². The number of aromatic nitrogens is 3. The van der Waals surface area contributed by atoms with E-state index in [1.165, 1.54) is 42.0 Å². The summed E-state index contributed by atoms with van der Waals surface area (Å²) in [6, 6.07) is 49.5. The average molecular weight is 636 g/mol. The fourth-order valence-electron chi connectivity index (χ4n) is 7.32. The molecule has 0 bridgehead atoms. The van der Waals surface area contributed by atoms with Crippen molar-refractivity contribution in [2.45, 2.75) is 6.29 Å². The van der Waals surface area contributed by atoms with Crippen LogP contribution in [-0.4, -0.2) is 31.8 Å². The molecular formula is C42H29N5S. The molecular weight excluding hydrogens is 607 g/mol. The van der Waals surface area contributed by atoms with Gasteiger partial charge < -0.3 is 9.47 Å². The minimum atomic E-state index is -0.253. The maximum absolute atomic E-state index is 5.45. The number of imidazole rings is 1. The summed E-state index contributed by atoms with van der Waals surface area (Å²) in [5, 5.41) is 5.18. The third-order valence-corrected chi connectivity index (χ3v) is 10.7. The molecule has 0 N–H and O–H groups in total. The van der Waals surface area contributed by atoms with Gasteiger partial charge in [0.25, 0.3) is 0 Å². The van der Waals surface area contributed by atoms with Gasteiger partial charge in [0.2, 0.25) is 6.29 Å². The van der Waals surface area contributed by atoms with Crippen molar-refractivity contribution in [2.24, 2.45) is 4.99 Å². The summed E-state index contributed by atoms with van der Waals surface area (Å²) >= 11 is 1.88. The first-order valence-electron chi connectivity index (χ1n) is 16.2. The van der Waals surface area contributed by atoms with Crippen molar-refractivity contribution in [1.82, 2.24) is 19.0 Å². The van der Waals surface area contributed by atoms with Gasteiger partial charge in [0.15, 0.2) is 0 Å². The van der Waals surface area contributed by atoms with Crippen LogP contribution >= 0.6 is 11.3 Å². The van der Waals surface area contributed by atoms with E-state index in [1.807, 2.05) is 23.5 Å². The molecule has 10 rings (SSSR count). The lowest BCUT2D eigenvalue weighted by Gasteiger charge is -2.30. The van der Waals surface area contributed by atoms with Gasteiger partial charge in [0, 0.05) is 61.0 Å². The highest BCUT2D eigenvalue weighted by Gasteiger charge is 2.25. The molecule has 4 heterocycles. The Hall–Kier alpha value is -5.98. The van der Waals surface area contributed by atoms with Gasteiger partial charge in [-0.2, -0.15) is 0 Å². The van der Waals surface area contributed by atoms with E-state index in [9.17, 15) is 0 Å². The number of allylic oxidation sites excluding steroid dienone is 1. The van der Waals surface area contributed by atoms with E-state index >= 15 is 0 Å². The quantitative estimate of drug-likeness (QED) is 0.193. The molecule has 1 unspecified atom stereocenters. The van der Waals surface area contributed by atoms with Crippen LogP contribution in [0.5, 0.6) is 0 Å². The maximum atomic E-state index is 5.45. The SMILES string of the molecule is CN1C=CC(c2cccc(-c3nc4ccccc4n3-c3ccccc3)c2)=NC1n1c2ccccc2c2c3sc4ccccc4c3ccc21. The Labute approximate surface area is 280 Å². The van der Waals surface area contributed by atoms with Crippen molar-refractivity contribution in [2.75, 3.05) is 7.05 Å². The van der Waals surface area contributed by atoms with E-state index in [-0.39, 0.29) is 6.29 Å². The number of rotatable bonds is 4. The lowest BCUT2D eigenvalue weighted by molar-refractivity contribution is 0.266. The predicted molar refractivity (Wildman–Crippen MR) is 201 cm³/mol. The van der Waals surface area contributed by atoms with Crippen LogP contribution in [0.2, 0.25) is 0 Å². The molecule has 1 aliphatic rings. The topological polar surface area (TPSA) is 38.4 Å². The summed E-state index contributed by atoms with van der Waals surface area (Å²) in [6.07, 6.45) is 4.02. The summed E-state index contributed by atoms with van der Waals surface area (Å²) in [5.74, 6) is 0.910. The third-order valence-electron chi connectivity index (χ3n) is 9.53. The van der Waals surface area contributed by atoms with E-state index in [1.54, 1.807) is 0 Å². The van der Waals surface area contributed by atoms with E-state index in [2.05, 4.69) is 161 Å². The van der Waals surface area contributed by atoms with Crippen LogP contribution in [-0.2, 0) is 0 Å². The fourth-order valence-corrected chi connectivity index (χ4v) is 8.58. The van der Waals surface area contributed by atoms with Crippen LogP contribution in [0.3, 0.4) is 0 Å². The van der Waals surface area contributed by atoms with Crippen LogP contribution < -0.4 is 0 Å². The van der Waals surface area contributed by atoms with Crippen LogP contribution in [0.15, 0.2) is 157 Å².